The topological polar surface area (TPSA) is 98.7 Å². The molecule has 1 saturated carbocycles. The van der Waals surface area contributed by atoms with E-state index < -0.39 is 23.8 Å². The van der Waals surface area contributed by atoms with Crippen molar-refractivity contribution in [3.63, 3.8) is 0 Å². The number of carbonyl (C=O) groups is 2. The van der Waals surface area contributed by atoms with Crippen molar-refractivity contribution in [1.82, 2.24) is 10.4 Å². The first kappa shape index (κ1) is 21.5. The first-order valence-corrected chi connectivity index (χ1v) is 11.4. The molecule has 2 fully saturated rings. The normalized spacial score (nSPS) is 38.0. The molecule has 0 aromatic heterocycles. The Bertz CT molecular complexity index is 913. The number of alkyl carbamates (subject to hydrolysis) is 1. The minimum Gasteiger partial charge on any atom is -0.493 e. The van der Waals surface area contributed by atoms with Gasteiger partial charge in [0.25, 0.3) is 5.91 Å². The summed E-state index contributed by atoms with van der Waals surface area (Å²) in [6.07, 6.45) is 8.56. The number of ether oxygens (including phenoxy) is 3. The zero-order valence-electron chi connectivity index (χ0n) is 18.9. The van der Waals surface area contributed by atoms with E-state index in [4.69, 9.17) is 19.0 Å². The summed E-state index contributed by atoms with van der Waals surface area (Å²) in [4.78, 5) is 34.9. The van der Waals surface area contributed by atoms with Crippen molar-refractivity contribution in [2.24, 2.45) is 16.3 Å². The van der Waals surface area contributed by atoms with Crippen LogP contribution in [-0.2, 0) is 23.8 Å². The molecule has 3 aliphatic heterocycles. The van der Waals surface area contributed by atoms with E-state index in [0.717, 1.165) is 37.0 Å². The summed E-state index contributed by atoms with van der Waals surface area (Å²) >= 11 is 0. The summed E-state index contributed by atoms with van der Waals surface area (Å²) in [7, 11) is 2.79. The van der Waals surface area contributed by atoms with Crippen LogP contribution in [0.2, 0.25) is 0 Å². The SMILES string of the molecule is CON1CC[C@](NC(=O)O[C@@H]2CC3=CN=CCC45CC(C)CC[C@H]4OC(=C35)C2)(OC)C1=O. The lowest BCUT2D eigenvalue weighted by Crippen LogP contribution is -2.56. The number of methoxy groups -OCH3 is 1. The molecule has 1 saturated heterocycles. The van der Waals surface area contributed by atoms with Crippen molar-refractivity contribution < 1.29 is 28.6 Å². The second-order valence-electron chi connectivity index (χ2n) is 9.57. The standard InChI is InChI=1S/C23H31N3O6/c1-14-4-5-18-22(12-14)6-8-24-13-15-10-16(11-17(32-18)19(15)22)31-21(28)25-23(29-2)7-9-26(30-3)20(23)27/h8,13-14,16,18H,4-7,9-12H2,1-3H3,(H,25,28)/t14?,16-,18-,22?,23+/m1/s1. The number of hydroxylamine groups is 2. The van der Waals surface area contributed by atoms with Gasteiger partial charge in [-0.2, -0.15) is 0 Å². The molecule has 5 atom stereocenters. The highest BCUT2D eigenvalue weighted by Gasteiger charge is 2.56. The molecule has 0 aromatic rings. The number of aliphatic imine (C=N–C) groups is 1. The van der Waals surface area contributed by atoms with Crippen LogP contribution in [0.5, 0.6) is 0 Å². The van der Waals surface area contributed by atoms with Crippen LogP contribution in [0.3, 0.4) is 0 Å². The van der Waals surface area contributed by atoms with Gasteiger partial charge in [0.1, 0.15) is 18.0 Å². The molecule has 1 N–H and O–H groups in total. The molecule has 2 aliphatic carbocycles. The first-order valence-electron chi connectivity index (χ1n) is 11.4. The van der Waals surface area contributed by atoms with Crippen LogP contribution in [0.1, 0.15) is 51.9 Å². The zero-order chi connectivity index (χ0) is 22.5. The summed E-state index contributed by atoms with van der Waals surface area (Å²) in [6.45, 7) is 2.64. The van der Waals surface area contributed by atoms with E-state index in [0.29, 0.717) is 25.3 Å². The van der Waals surface area contributed by atoms with Crippen molar-refractivity contribution >= 4 is 18.2 Å². The number of amides is 2. The monoisotopic (exact) mass is 445 g/mol. The molecule has 32 heavy (non-hydrogen) atoms. The van der Waals surface area contributed by atoms with Gasteiger partial charge in [-0.15, -0.1) is 0 Å². The number of hydrogen-bond acceptors (Lipinski definition) is 7. The molecule has 0 bridgehead atoms. The van der Waals surface area contributed by atoms with E-state index in [-0.39, 0.29) is 17.9 Å². The maximum atomic E-state index is 12.8. The maximum absolute atomic E-state index is 12.8. The van der Waals surface area contributed by atoms with Gasteiger partial charge in [-0.05, 0) is 37.2 Å². The average Bonchev–Trinajstić information content (AvgIpc) is 3.18. The molecule has 1 spiro atoms. The molecule has 9 heteroatoms. The quantitative estimate of drug-likeness (QED) is 0.668. The Hall–Kier alpha value is -2.39. The van der Waals surface area contributed by atoms with E-state index in [1.54, 1.807) is 0 Å². The van der Waals surface area contributed by atoms with Gasteiger partial charge in [0.05, 0.1) is 13.7 Å². The Morgan fingerprint density at radius 2 is 2.16 bits per heavy atom. The number of nitrogens with zero attached hydrogens (tertiary/aromatic N) is 2. The molecular formula is C23H31N3O6. The number of carbonyl (C=O) groups excluding carboxylic acids is 2. The fourth-order valence-corrected chi connectivity index (χ4v) is 6.21. The zero-order valence-corrected chi connectivity index (χ0v) is 18.9. The van der Waals surface area contributed by atoms with E-state index in [1.165, 1.54) is 24.9 Å². The maximum Gasteiger partial charge on any atom is 0.410 e. The third kappa shape index (κ3) is 3.25. The van der Waals surface area contributed by atoms with E-state index in [1.807, 2.05) is 12.4 Å². The average molecular weight is 446 g/mol. The van der Waals surface area contributed by atoms with Crippen molar-refractivity contribution in [3.05, 3.63) is 23.1 Å². The number of hydrogen-bond donors (Lipinski definition) is 1. The highest BCUT2D eigenvalue weighted by molar-refractivity contribution is 5.89. The second-order valence-corrected chi connectivity index (χ2v) is 9.57. The third-order valence-corrected chi connectivity index (χ3v) is 7.67. The molecular weight excluding hydrogens is 414 g/mol. The van der Waals surface area contributed by atoms with Crippen molar-refractivity contribution in [2.45, 2.75) is 69.8 Å². The summed E-state index contributed by atoms with van der Waals surface area (Å²) in [6, 6.07) is 0. The van der Waals surface area contributed by atoms with Crippen LogP contribution in [0.15, 0.2) is 28.1 Å². The predicted octanol–water partition coefficient (Wildman–Crippen LogP) is 2.83. The van der Waals surface area contributed by atoms with Gasteiger partial charge in [-0.25, -0.2) is 9.86 Å². The second kappa shape index (κ2) is 7.88. The summed E-state index contributed by atoms with van der Waals surface area (Å²) in [5.41, 5.74) is 0.906. The molecule has 0 radical (unpaired) electrons. The largest absolute Gasteiger partial charge is 0.493 e. The number of rotatable bonds is 4. The van der Waals surface area contributed by atoms with Gasteiger partial charge < -0.3 is 14.2 Å². The van der Waals surface area contributed by atoms with Crippen LogP contribution in [0.25, 0.3) is 0 Å². The molecule has 0 aromatic carbocycles. The van der Waals surface area contributed by atoms with Crippen LogP contribution >= 0.6 is 0 Å². The molecule has 3 heterocycles. The lowest BCUT2D eigenvalue weighted by Gasteiger charge is -2.42. The summed E-state index contributed by atoms with van der Waals surface area (Å²) in [5.74, 6) is 1.14. The lowest BCUT2D eigenvalue weighted by molar-refractivity contribution is -0.181. The third-order valence-electron chi connectivity index (χ3n) is 7.67. The predicted molar refractivity (Wildman–Crippen MR) is 114 cm³/mol. The Balaban J connectivity index is 1.33. The molecule has 2 amide bonds. The lowest BCUT2D eigenvalue weighted by atomic mass is 9.61. The minimum atomic E-state index is -1.48. The van der Waals surface area contributed by atoms with E-state index in [9.17, 15) is 9.59 Å². The smallest absolute Gasteiger partial charge is 0.410 e. The fourth-order valence-electron chi connectivity index (χ4n) is 6.21. The van der Waals surface area contributed by atoms with Crippen LogP contribution < -0.4 is 5.32 Å². The molecule has 9 nitrogen and oxygen atoms in total. The Labute approximate surface area is 187 Å². The van der Waals surface area contributed by atoms with Gasteiger partial charge in [0.15, 0.2) is 0 Å². The Kier molecular flexibility index (Phi) is 5.28. The molecule has 5 rings (SSSR count). The van der Waals surface area contributed by atoms with Crippen molar-refractivity contribution in [1.29, 1.82) is 0 Å². The molecule has 2 unspecified atom stereocenters. The van der Waals surface area contributed by atoms with Gasteiger partial charge in [-0.3, -0.25) is 19.9 Å². The van der Waals surface area contributed by atoms with Gasteiger partial charge in [-0.1, -0.05) is 6.92 Å². The summed E-state index contributed by atoms with van der Waals surface area (Å²) < 4.78 is 17.6. The van der Waals surface area contributed by atoms with Crippen molar-refractivity contribution in [3.8, 4) is 0 Å². The van der Waals surface area contributed by atoms with E-state index >= 15 is 0 Å². The van der Waals surface area contributed by atoms with Crippen LogP contribution in [0, 0.1) is 11.3 Å². The highest BCUT2D eigenvalue weighted by atomic mass is 16.7. The van der Waals surface area contributed by atoms with Gasteiger partial charge in [0, 0.05) is 49.8 Å². The van der Waals surface area contributed by atoms with Gasteiger partial charge in [0.2, 0.25) is 5.72 Å². The van der Waals surface area contributed by atoms with E-state index in [2.05, 4.69) is 17.2 Å². The van der Waals surface area contributed by atoms with Crippen LogP contribution in [0.4, 0.5) is 4.79 Å². The van der Waals surface area contributed by atoms with Crippen LogP contribution in [-0.4, -0.2) is 62.0 Å². The molecule has 5 aliphatic rings. The Morgan fingerprint density at radius 3 is 2.91 bits per heavy atom. The fraction of sp³-hybridized carbons (Fsp3) is 0.696. The Morgan fingerprint density at radius 1 is 1.31 bits per heavy atom. The molecule has 174 valence electrons. The number of nitrogens with one attached hydrogen (secondary N) is 1. The summed E-state index contributed by atoms with van der Waals surface area (Å²) in [5, 5.41) is 3.80. The highest BCUT2D eigenvalue weighted by Crippen LogP contribution is 2.59. The minimum absolute atomic E-state index is 0.00789. The first-order chi connectivity index (χ1) is 15.4. The van der Waals surface area contributed by atoms with Gasteiger partial charge >= 0.3 is 6.09 Å². The van der Waals surface area contributed by atoms with Crippen molar-refractivity contribution in [2.75, 3.05) is 20.8 Å².